The molecule has 0 aliphatic rings. The summed E-state index contributed by atoms with van der Waals surface area (Å²) in [6.07, 6.45) is 0.640. The molecule has 2 aromatic rings. The van der Waals surface area contributed by atoms with Crippen molar-refractivity contribution >= 4 is 17.5 Å². The zero-order chi connectivity index (χ0) is 18.4. The van der Waals surface area contributed by atoms with Gasteiger partial charge in [-0.25, -0.2) is 4.39 Å². The number of carbonyl (C=O) groups is 2. The van der Waals surface area contributed by atoms with Gasteiger partial charge in [-0.2, -0.15) is 0 Å². The molecule has 0 heterocycles. The first-order valence-corrected chi connectivity index (χ1v) is 8.24. The molecule has 4 nitrogen and oxygen atoms in total. The highest BCUT2D eigenvalue weighted by atomic mass is 19.1. The Kier molecular flexibility index (Phi) is 6.28. The molecule has 0 aromatic heterocycles. The van der Waals surface area contributed by atoms with Crippen LogP contribution >= 0.6 is 0 Å². The van der Waals surface area contributed by atoms with E-state index < -0.39 is 0 Å². The molecular formula is C20H23FN2O2. The van der Waals surface area contributed by atoms with Crippen LogP contribution in [0.4, 0.5) is 10.1 Å². The highest BCUT2D eigenvalue weighted by molar-refractivity contribution is 5.95. The van der Waals surface area contributed by atoms with Crippen LogP contribution in [0.3, 0.4) is 0 Å². The van der Waals surface area contributed by atoms with E-state index in [4.69, 9.17) is 0 Å². The maximum atomic E-state index is 13.1. The Morgan fingerprint density at radius 2 is 1.68 bits per heavy atom. The molecule has 0 unspecified atom stereocenters. The molecule has 0 saturated carbocycles. The van der Waals surface area contributed by atoms with Crippen LogP contribution in [0.25, 0.3) is 0 Å². The summed E-state index contributed by atoms with van der Waals surface area (Å²) in [5.41, 5.74) is 4.65. The van der Waals surface area contributed by atoms with E-state index in [0.29, 0.717) is 6.42 Å². The van der Waals surface area contributed by atoms with Gasteiger partial charge in [0.05, 0.1) is 6.54 Å². The van der Waals surface area contributed by atoms with Crippen molar-refractivity contribution in [3.05, 3.63) is 64.5 Å². The van der Waals surface area contributed by atoms with Crippen LogP contribution in [0.1, 0.15) is 28.7 Å². The number of hydrogen-bond acceptors (Lipinski definition) is 2. The van der Waals surface area contributed by atoms with Gasteiger partial charge in [0.15, 0.2) is 0 Å². The Hall–Kier alpha value is -2.69. The van der Waals surface area contributed by atoms with Crippen molar-refractivity contribution in [3.63, 3.8) is 0 Å². The number of nitrogens with one attached hydrogen (secondary N) is 2. The lowest BCUT2D eigenvalue weighted by molar-refractivity contribution is -0.124. The number of amides is 2. The largest absolute Gasteiger partial charge is 0.347 e. The van der Waals surface area contributed by atoms with Gasteiger partial charge in [-0.1, -0.05) is 29.8 Å². The minimum atomic E-state index is -0.318. The second-order valence-corrected chi connectivity index (χ2v) is 6.23. The summed E-state index contributed by atoms with van der Waals surface area (Å²) in [5, 5.41) is 5.43. The summed E-state index contributed by atoms with van der Waals surface area (Å²) in [7, 11) is 0. The Morgan fingerprint density at radius 1 is 1.00 bits per heavy atom. The highest BCUT2D eigenvalue weighted by Gasteiger charge is 2.10. The predicted molar refractivity (Wildman–Crippen MR) is 97.0 cm³/mol. The van der Waals surface area contributed by atoms with E-state index >= 15 is 0 Å². The molecule has 0 saturated heterocycles. The molecule has 5 heteroatoms. The summed E-state index contributed by atoms with van der Waals surface area (Å²) in [6.45, 7) is 5.79. The van der Waals surface area contributed by atoms with E-state index in [0.717, 1.165) is 27.9 Å². The molecule has 0 spiro atoms. The van der Waals surface area contributed by atoms with E-state index in [9.17, 15) is 14.0 Å². The van der Waals surface area contributed by atoms with Crippen molar-refractivity contribution in [1.82, 2.24) is 5.32 Å². The summed E-state index contributed by atoms with van der Waals surface area (Å²) in [6, 6.07) is 10.2. The van der Waals surface area contributed by atoms with Crippen molar-refractivity contribution < 1.29 is 14.0 Å². The number of benzene rings is 2. The van der Waals surface area contributed by atoms with E-state index in [1.165, 1.54) is 12.1 Å². The summed E-state index contributed by atoms with van der Waals surface area (Å²) >= 11 is 0. The third kappa shape index (κ3) is 5.71. The standard InChI is InChI=1S/C20H23FN2O2/c1-13-9-14(2)20(15(3)10-13)23-19(25)12-22-18(24)8-7-16-5-4-6-17(21)11-16/h4-6,9-11H,7-8,12H2,1-3H3,(H,22,24)(H,23,25). The molecule has 0 aliphatic carbocycles. The van der Waals surface area contributed by atoms with Gasteiger partial charge in [-0.15, -0.1) is 0 Å². The van der Waals surface area contributed by atoms with Gasteiger partial charge in [0.25, 0.3) is 0 Å². The molecule has 0 aliphatic heterocycles. The van der Waals surface area contributed by atoms with Crippen LogP contribution in [0.15, 0.2) is 36.4 Å². The lowest BCUT2D eigenvalue weighted by Crippen LogP contribution is -2.33. The maximum absolute atomic E-state index is 13.1. The topological polar surface area (TPSA) is 58.2 Å². The second kappa shape index (κ2) is 8.42. The van der Waals surface area contributed by atoms with E-state index in [2.05, 4.69) is 10.6 Å². The Balaban J connectivity index is 1.81. The lowest BCUT2D eigenvalue weighted by Gasteiger charge is -2.13. The van der Waals surface area contributed by atoms with Gasteiger partial charge in [0.1, 0.15) is 5.82 Å². The first-order chi connectivity index (χ1) is 11.8. The number of aryl methyl sites for hydroxylation is 4. The molecule has 0 bridgehead atoms. The molecule has 25 heavy (non-hydrogen) atoms. The number of hydrogen-bond donors (Lipinski definition) is 2. The Bertz CT molecular complexity index is 764. The SMILES string of the molecule is Cc1cc(C)c(NC(=O)CNC(=O)CCc2cccc(F)c2)c(C)c1. The first kappa shape index (κ1) is 18.6. The smallest absolute Gasteiger partial charge is 0.243 e. The average molecular weight is 342 g/mol. The van der Waals surface area contributed by atoms with Crippen LogP contribution in [0.2, 0.25) is 0 Å². The fraction of sp³-hybridized carbons (Fsp3) is 0.300. The molecule has 2 N–H and O–H groups in total. The summed E-state index contributed by atoms with van der Waals surface area (Å²) in [5.74, 6) is -0.827. The van der Waals surface area contributed by atoms with Crippen LogP contribution in [0.5, 0.6) is 0 Å². The number of carbonyl (C=O) groups excluding carboxylic acids is 2. The molecule has 2 aromatic carbocycles. The molecule has 0 fully saturated rings. The highest BCUT2D eigenvalue weighted by Crippen LogP contribution is 2.21. The first-order valence-electron chi connectivity index (χ1n) is 8.24. The average Bonchev–Trinajstić information content (AvgIpc) is 2.54. The van der Waals surface area contributed by atoms with Gasteiger partial charge in [0, 0.05) is 12.1 Å². The predicted octanol–water partition coefficient (Wildman–Crippen LogP) is 3.44. The van der Waals surface area contributed by atoms with Crippen molar-refractivity contribution in [3.8, 4) is 0 Å². The number of halogens is 1. The summed E-state index contributed by atoms with van der Waals surface area (Å²) in [4.78, 5) is 23.9. The quantitative estimate of drug-likeness (QED) is 0.845. The summed E-state index contributed by atoms with van der Waals surface area (Å²) < 4.78 is 13.1. The van der Waals surface area contributed by atoms with Gasteiger partial charge in [0.2, 0.25) is 11.8 Å². The maximum Gasteiger partial charge on any atom is 0.243 e. The molecular weight excluding hydrogens is 319 g/mol. The molecule has 2 rings (SSSR count). The van der Waals surface area contributed by atoms with Crippen LogP contribution in [-0.2, 0) is 16.0 Å². The Labute approximate surface area is 147 Å². The molecule has 132 valence electrons. The van der Waals surface area contributed by atoms with Crippen LogP contribution in [-0.4, -0.2) is 18.4 Å². The van der Waals surface area contributed by atoms with Gasteiger partial charge in [-0.05, 0) is 56.0 Å². The minimum Gasteiger partial charge on any atom is -0.347 e. The van der Waals surface area contributed by atoms with Gasteiger partial charge >= 0.3 is 0 Å². The van der Waals surface area contributed by atoms with Crippen molar-refractivity contribution in [1.29, 1.82) is 0 Å². The fourth-order valence-electron chi connectivity index (χ4n) is 2.78. The third-order valence-electron chi connectivity index (χ3n) is 3.92. The minimum absolute atomic E-state index is 0.0886. The number of anilines is 1. The lowest BCUT2D eigenvalue weighted by atomic mass is 10.1. The molecule has 2 amide bonds. The monoisotopic (exact) mass is 342 g/mol. The Morgan fingerprint density at radius 3 is 2.32 bits per heavy atom. The van der Waals surface area contributed by atoms with Crippen LogP contribution in [0, 0.1) is 26.6 Å². The van der Waals surface area contributed by atoms with Crippen molar-refractivity contribution in [2.75, 3.05) is 11.9 Å². The van der Waals surface area contributed by atoms with Crippen molar-refractivity contribution in [2.45, 2.75) is 33.6 Å². The van der Waals surface area contributed by atoms with Gasteiger partial charge in [-0.3, -0.25) is 9.59 Å². The van der Waals surface area contributed by atoms with Crippen LogP contribution < -0.4 is 10.6 Å². The normalized spacial score (nSPS) is 10.4. The van der Waals surface area contributed by atoms with Gasteiger partial charge < -0.3 is 10.6 Å². The molecule has 0 atom stereocenters. The molecule has 0 radical (unpaired) electrons. The second-order valence-electron chi connectivity index (χ2n) is 6.23. The third-order valence-corrected chi connectivity index (χ3v) is 3.92. The zero-order valence-corrected chi connectivity index (χ0v) is 14.8. The van der Waals surface area contributed by atoms with E-state index in [1.54, 1.807) is 12.1 Å². The van der Waals surface area contributed by atoms with E-state index in [1.807, 2.05) is 32.9 Å². The number of rotatable bonds is 6. The zero-order valence-electron chi connectivity index (χ0n) is 14.8. The van der Waals surface area contributed by atoms with Crippen molar-refractivity contribution in [2.24, 2.45) is 0 Å². The van der Waals surface area contributed by atoms with E-state index in [-0.39, 0.29) is 30.6 Å². The fourth-order valence-corrected chi connectivity index (χ4v) is 2.78.